The molecule has 1 amide bonds. The highest BCUT2D eigenvalue weighted by Crippen LogP contribution is 2.59. The summed E-state index contributed by atoms with van der Waals surface area (Å²) in [4.78, 5) is 38.8. The van der Waals surface area contributed by atoms with E-state index in [9.17, 15) is 19.6 Å². The van der Waals surface area contributed by atoms with E-state index in [1.165, 1.54) is 0 Å². The predicted molar refractivity (Wildman–Crippen MR) is 140 cm³/mol. The van der Waals surface area contributed by atoms with Crippen molar-refractivity contribution in [2.75, 3.05) is 6.54 Å². The maximum Gasteiger partial charge on any atom is 0.412 e. The number of rotatable bonds is 11. The lowest BCUT2D eigenvalue weighted by molar-refractivity contribution is -0.134. The summed E-state index contributed by atoms with van der Waals surface area (Å²) < 4.78 is 11.6. The Morgan fingerprint density at radius 3 is 2.14 bits per heavy atom. The van der Waals surface area contributed by atoms with E-state index in [1.54, 1.807) is 42.5 Å². The number of ketones is 1. The number of benzene rings is 2. The van der Waals surface area contributed by atoms with Gasteiger partial charge in [-0.05, 0) is 25.0 Å². The molecule has 0 saturated heterocycles. The van der Waals surface area contributed by atoms with Gasteiger partial charge in [0.2, 0.25) is 5.78 Å². The van der Waals surface area contributed by atoms with Gasteiger partial charge in [-0.25, -0.2) is 4.79 Å². The Balaban J connectivity index is 1.92. The number of Topliss-reactive ketones (excluding diaryl/α,β-unsaturated/α-hetero) is 1. The van der Waals surface area contributed by atoms with Gasteiger partial charge in [0.25, 0.3) is 0 Å². The van der Waals surface area contributed by atoms with E-state index in [-0.39, 0.29) is 23.7 Å². The highest BCUT2D eigenvalue weighted by Gasteiger charge is 2.32. The summed E-state index contributed by atoms with van der Waals surface area (Å²) in [6.45, 7) is 4.57. The van der Waals surface area contributed by atoms with Crippen LogP contribution in [0.25, 0.3) is 0 Å². The third-order valence-electron chi connectivity index (χ3n) is 5.22. The number of hydrogen-bond donors (Lipinski definition) is 1. The number of nitriles is 1. The lowest BCUT2D eigenvalue weighted by Gasteiger charge is -2.12. The largest absolute Gasteiger partial charge is 0.425 e. The number of unbranched alkanes of at least 4 members (excludes halogenated alkanes) is 3. The number of carbonyl (C=O) groups excluding carboxylic acids is 3. The second kappa shape index (κ2) is 13.8. The maximum absolute atomic E-state index is 13.0. The first-order valence-electron chi connectivity index (χ1n) is 11.9. The lowest BCUT2D eigenvalue weighted by atomic mass is 10.1. The molecule has 188 valence electrons. The second-order valence-electron chi connectivity index (χ2n) is 7.99. The zero-order valence-corrected chi connectivity index (χ0v) is 21.9. The Hall–Kier alpha value is -3.22. The second-order valence-corrected chi connectivity index (χ2v) is 10.3. The third-order valence-corrected chi connectivity index (χ3v) is 7.85. The van der Waals surface area contributed by atoms with Crippen molar-refractivity contribution in [1.82, 2.24) is 5.32 Å². The molecule has 0 bridgehead atoms. The van der Waals surface area contributed by atoms with E-state index < -0.39 is 11.9 Å². The van der Waals surface area contributed by atoms with Crippen molar-refractivity contribution >= 4 is 41.4 Å². The average molecular weight is 525 g/mol. The summed E-state index contributed by atoms with van der Waals surface area (Å²) >= 11 is 2.32. The molecule has 0 unspecified atom stereocenters. The molecule has 1 heterocycles. The van der Waals surface area contributed by atoms with Gasteiger partial charge in [0.1, 0.15) is 23.1 Å². The number of nitrogens with one attached hydrogen (secondary N) is 1. The van der Waals surface area contributed by atoms with Gasteiger partial charge in [0.15, 0.2) is 0 Å². The fourth-order valence-corrected chi connectivity index (χ4v) is 5.88. The zero-order valence-electron chi connectivity index (χ0n) is 20.3. The van der Waals surface area contributed by atoms with Gasteiger partial charge >= 0.3 is 12.1 Å². The van der Waals surface area contributed by atoms with Crippen molar-refractivity contribution < 1.29 is 23.9 Å². The number of esters is 1. The van der Waals surface area contributed by atoms with Crippen molar-refractivity contribution in [3.8, 4) is 17.6 Å². The summed E-state index contributed by atoms with van der Waals surface area (Å²) in [5.41, 5.74) is 0.374. The molecule has 1 aliphatic heterocycles. The maximum atomic E-state index is 13.0. The Morgan fingerprint density at radius 2 is 1.53 bits per heavy atom. The first-order valence-corrected chi connectivity index (χ1v) is 13.5. The van der Waals surface area contributed by atoms with Crippen LogP contribution in [0.15, 0.2) is 62.1 Å². The van der Waals surface area contributed by atoms with Crippen LogP contribution in [0.1, 0.15) is 62.7 Å². The van der Waals surface area contributed by atoms with E-state index in [4.69, 9.17) is 9.47 Å². The molecule has 2 aromatic carbocycles. The van der Waals surface area contributed by atoms with E-state index in [2.05, 4.69) is 12.2 Å². The number of thioether (sulfide) groups is 2. The smallest absolute Gasteiger partial charge is 0.412 e. The molecule has 0 aliphatic carbocycles. The summed E-state index contributed by atoms with van der Waals surface area (Å²) in [6.07, 6.45) is 4.09. The van der Waals surface area contributed by atoms with Crippen LogP contribution in [-0.4, -0.2) is 24.4 Å². The topological polar surface area (TPSA) is 105 Å². The molecule has 0 atom stereocenters. The first kappa shape index (κ1) is 27.4. The average Bonchev–Trinajstić information content (AvgIpc) is 3.32. The van der Waals surface area contributed by atoms with Crippen molar-refractivity contribution in [3.63, 3.8) is 0 Å². The molecule has 0 fully saturated rings. The number of ether oxygens (including phenoxy) is 2. The fourth-order valence-electron chi connectivity index (χ4n) is 3.31. The Kier molecular flexibility index (Phi) is 10.5. The quantitative estimate of drug-likeness (QED) is 0.0847. The third kappa shape index (κ3) is 7.15. The van der Waals surface area contributed by atoms with Gasteiger partial charge in [0, 0.05) is 18.5 Å². The van der Waals surface area contributed by atoms with Gasteiger partial charge in [-0.2, -0.15) is 5.26 Å². The van der Waals surface area contributed by atoms with Crippen LogP contribution in [0.4, 0.5) is 4.79 Å². The van der Waals surface area contributed by atoms with Gasteiger partial charge in [-0.1, -0.05) is 87.0 Å². The van der Waals surface area contributed by atoms with E-state index >= 15 is 0 Å². The Labute approximate surface area is 219 Å². The summed E-state index contributed by atoms with van der Waals surface area (Å²) in [5.74, 6) is -0.191. The molecule has 3 rings (SSSR count). The molecule has 7 nitrogen and oxygen atoms in total. The summed E-state index contributed by atoms with van der Waals surface area (Å²) in [6, 6.07) is 13.7. The first-order chi connectivity index (χ1) is 17.5. The van der Waals surface area contributed by atoms with E-state index in [1.807, 2.05) is 13.0 Å². The number of fused-ring (bicyclic) bond motifs is 1. The van der Waals surface area contributed by atoms with Crippen LogP contribution in [0.3, 0.4) is 0 Å². The minimum Gasteiger partial charge on any atom is -0.425 e. The molecule has 36 heavy (non-hydrogen) atoms. The lowest BCUT2D eigenvalue weighted by Crippen LogP contribution is -2.27. The van der Waals surface area contributed by atoms with E-state index in [0.717, 1.165) is 55.6 Å². The molecule has 1 N–H and O–H groups in total. The molecular formula is C27H28N2O5S2. The number of hydrogen-bond acceptors (Lipinski definition) is 8. The molecule has 0 radical (unpaired) electrons. The minimum absolute atomic E-state index is 0.0223. The monoisotopic (exact) mass is 524 g/mol. The SMILES string of the molecule is CCCCCC(=O)Oc1ccc(OC(=O)NCCCC)c2c1S/C(=C(/C#N)C(=O)c1ccccc1)S2. The molecule has 0 spiro atoms. The van der Waals surface area contributed by atoms with Crippen molar-refractivity contribution in [1.29, 1.82) is 5.26 Å². The molecule has 9 heteroatoms. The van der Waals surface area contributed by atoms with Gasteiger partial charge in [0.05, 0.1) is 14.0 Å². The van der Waals surface area contributed by atoms with Crippen molar-refractivity contribution in [3.05, 3.63) is 57.8 Å². The standard InChI is InChI=1S/C27H28N2O5S2/c1-3-5-8-13-22(30)33-20-14-15-21(34-27(32)29-16-6-4-2)25-24(20)35-26(36-25)19(17-28)23(31)18-11-9-7-10-12-18/h7,9-12,14-15H,3-6,8,13,16H2,1-2H3,(H,29,32)/b26-19+. The van der Waals surface area contributed by atoms with Gasteiger partial charge in [-0.15, -0.1) is 0 Å². The van der Waals surface area contributed by atoms with Crippen molar-refractivity contribution in [2.24, 2.45) is 0 Å². The highest BCUT2D eigenvalue weighted by atomic mass is 32.2. The fraction of sp³-hybridized carbons (Fsp3) is 0.333. The Bertz CT molecular complexity index is 1130. The van der Waals surface area contributed by atoms with Gasteiger partial charge < -0.3 is 14.8 Å². The summed E-state index contributed by atoms with van der Waals surface area (Å²) in [7, 11) is 0. The normalized spacial score (nSPS) is 13.4. The molecule has 0 saturated carbocycles. The Morgan fingerprint density at radius 1 is 0.889 bits per heavy atom. The number of amides is 1. The summed E-state index contributed by atoms with van der Waals surface area (Å²) in [5, 5.41) is 12.5. The molecule has 0 aromatic heterocycles. The van der Waals surface area contributed by atoms with Crippen LogP contribution in [0.5, 0.6) is 11.5 Å². The minimum atomic E-state index is -0.598. The molecule has 2 aromatic rings. The van der Waals surface area contributed by atoms with Crippen LogP contribution in [0.2, 0.25) is 0 Å². The highest BCUT2D eigenvalue weighted by molar-refractivity contribution is 8.24. The van der Waals surface area contributed by atoms with Crippen LogP contribution in [-0.2, 0) is 4.79 Å². The van der Waals surface area contributed by atoms with E-state index in [0.29, 0.717) is 31.9 Å². The number of allylic oxidation sites excluding steroid dienone is 1. The van der Waals surface area contributed by atoms with Crippen LogP contribution in [0, 0.1) is 11.3 Å². The van der Waals surface area contributed by atoms with Crippen LogP contribution >= 0.6 is 23.5 Å². The van der Waals surface area contributed by atoms with Crippen molar-refractivity contribution in [2.45, 2.75) is 62.2 Å². The van der Waals surface area contributed by atoms with Gasteiger partial charge in [-0.3, -0.25) is 9.59 Å². The number of carbonyl (C=O) groups is 3. The zero-order chi connectivity index (χ0) is 25.9. The molecule has 1 aliphatic rings. The van der Waals surface area contributed by atoms with Crippen LogP contribution < -0.4 is 14.8 Å². The molecular weight excluding hydrogens is 496 g/mol. The number of nitrogens with zero attached hydrogens (tertiary/aromatic N) is 1. The predicted octanol–water partition coefficient (Wildman–Crippen LogP) is 6.88.